The highest BCUT2D eigenvalue weighted by molar-refractivity contribution is 5.99. The molecule has 2 rings (SSSR count). The summed E-state index contributed by atoms with van der Waals surface area (Å²) in [5.74, 6) is -5.49. The maximum atomic E-state index is 14.2. The molecule has 180 valence electrons. The van der Waals surface area contributed by atoms with Crippen molar-refractivity contribution in [3.63, 3.8) is 0 Å². The van der Waals surface area contributed by atoms with Crippen LogP contribution in [0.4, 0.5) is 36.4 Å². The zero-order valence-electron chi connectivity index (χ0n) is 17.0. The van der Waals surface area contributed by atoms with Crippen LogP contribution in [-0.2, 0) is 15.7 Å². The molecule has 2 aromatic carbocycles. The maximum absolute atomic E-state index is 14.2. The van der Waals surface area contributed by atoms with Crippen molar-refractivity contribution in [1.82, 2.24) is 5.32 Å². The van der Waals surface area contributed by atoms with Crippen LogP contribution in [0, 0.1) is 5.82 Å². The largest absolute Gasteiger partial charge is 0.495 e. The second kappa shape index (κ2) is 9.55. The predicted octanol–water partition coefficient (Wildman–Crippen LogP) is 4.52. The van der Waals surface area contributed by atoms with Crippen molar-refractivity contribution in [2.45, 2.75) is 24.9 Å². The molecule has 0 fully saturated rings. The van der Waals surface area contributed by atoms with Crippen LogP contribution >= 0.6 is 0 Å². The van der Waals surface area contributed by atoms with E-state index in [9.17, 15) is 40.3 Å². The SMILES string of the molecule is CCOC(=O)[C@@](NC(=O)c1ccccc1F)(Nc1cc(C(F)(F)F)ccc1OC)C(F)(F)F. The monoisotopic (exact) mass is 482 g/mol. The lowest BCUT2D eigenvalue weighted by atomic mass is 10.1. The Balaban J connectivity index is 2.68. The van der Waals surface area contributed by atoms with Gasteiger partial charge in [-0.05, 0) is 37.3 Å². The maximum Gasteiger partial charge on any atom is 0.441 e. The summed E-state index contributed by atoms with van der Waals surface area (Å²) < 4.78 is 105. The van der Waals surface area contributed by atoms with E-state index in [0.29, 0.717) is 6.07 Å². The molecule has 2 aromatic rings. The van der Waals surface area contributed by atoms with Crippen molar-refractivity contribution in [3.05, 3.63) is 59.4 Å². The van der Waals surface area contributed by atoms with E-state index in [1.165, 1.54) is 18.3 Å². The van der Waals surface area contributed by atoms with Crippen LogP contribution in [0.5, 0.6) is 5.75 Å². The molecule has 0 radical (unpaired) electrons. The highest BCUT2D eigenvalue weighted by Crippen LogP contribution is 2.39. The number of nitrogens with one attached hydrogen (secondary N) is 2. The predicted molar refractivity (Wildman–Crippen MR) is 101 cm³/mol. The summed E-state index contributed by atoms with van der Waals surface area (Å²) in [6, 6.07) is 5.48. The molecule has 33 heavy (non-hydrogen) atoms. The number of halogens is 7. The highest BCUT2D eigenvalue weighted by Gasteiger charge is 2.64. The molecular weight excluding hydrogens is 465 g/mol. The number of alkyl halides is 6. The van der Waals surface area contributed by atoms with Crippen LogP contribution in [0.2, 0.25) is 0 Å². The summed E-state index contributed by atoms with van der Waals surface area (Å²) in [6.07, 6.45) is -10.6. The Morgan fingerprint density at radius 2 is 1.64 bits per heavy atom. The molecule has 1 atom stereocenters. The zero-order valence-corrected chi connectivity index (χ0v) is 17.0. The van der Waals surface area contributed by atoms with E-state index in [-0.39, 0.29) is 6.07 Å². The third-order valence-electron chi connectivity index (χ3n) is 4.28. The Morgan fingerprint density at radius 3 is 2.15 bits per heavy atom. The lowest BCUT2D eigenvalue weighted by Gasteiger charge is -2.35. The van der Waals surface area contributed by atoms with Gasteiger partial charge in [0.2, 0.25) is 0 Å². The van der Waals surface area contributed by atoms with E-state index >= 15 is 0 Å². The number of esters is 1. The molecular formula is C20H17F7N2O4. The van der Waals surface area contributed by atoms with Gasteiger partial charge in [-0.1, -0.05) is 12.1 Å². The highest BCUT2D eigenvalue weighted by atomic mass is 19.4. The fraction of sp³-hybridized carbons (Fsp3) is 0.300. The van der Waals surface area contributed by atoms with Gasteiger partial charge in [-0.3, -0.25) is 4.79 Å². The standard InChI is InChI=1S/C20H17F7N2O4/c1-3-33-17(31)18(20(25,26)27,29-16(30)12-6-4-5-7-13(12)21)28-14-10-11(19(22,23)24)8-9-15(14)32-2/h4-10,28H,3H2,1-2H3,(H,29,30)/t18-/m0/s1. The van der Waals surface area contributed by atoms with E-state index in [1.807, 2.05) is 0 Å². The molecule has 0 aliphatic rings. The normalized spacial score (nSPS) is 13.6. The number of rotatable bonds is 7. The van der Waals surface area contributed by atoms with E-state index in [4.69, 9.17) is 4.74 Å². The van der Waals surface area contributed by atoms with Gasteiger partial charge in [0.1, 0.15) is 11.6 Å². The average Bonchev–Trinajstić information content (AvgIpc) is 2.72. The molecule has 6 nitrogen and oxygen atoms in total. The van der Waals surface area contributed by atoms with Crippen LogP contribution < -0.4 is 15.4 Å². The van der Waals surface area contributed by atoms with Gasteiger partial charge < -0.3 is 20.1 Å². The Morgan fingerprint density at radius 1 is 1.00 bits per heavy atom. The molecule has 0 bridgehead atoms. The summed E-state index contributed by atoms with van der Waals surface area (Å²) in [6.45, 7) is 0.593. The van der Waals surface area contributed by atoms with Gasteiger partial charge in [-0.15, -0.1) is 0 Å². The average molecular weight is 482 g/mol. The minimum Gasteiger partial charge on any atom is -0.495 e. The first kappa shape index (κ1) is 25.7. The fourth-order valence-electron chi connectivity index (χ4n) is 2.70. The van der Waals surface area contributed by atoms with E-state index in [1.54, 1.807) is 5.32 Å². The zero-order chi connectivity index (χ0) is 25.0. The van der Waals surface area contributed by atoms with E-state index in [2.05, 4.69) is 4.74 Å². The number of amides is 1. The number of hydrogen-bond donors (Lipinski definition) is 2. The minimum absolute atomic E-state index is 0.258. The number of benzene rings is 2. The number of carbonyl (C=O) groups excluding carboxylic acids is 2. The molecule has 0 aliphatic heterocycles. The van der Waals surface area contributed by atoms with Gasteiger partial charge in [0, 0.05) is 0 Å². The summed E-state index contributed by atoms with van der Waals surface area (Å²) in [4.78, 5) is 25.0. The molecule has 13 heteroatoms. The summed E-state index contributed by atoms with van der Waals surface area (Å²) in [5.41, 5.74) is -7.26. The van der Waals surface area contributed by atoms with Crippen molar-refractivity contribution in [3.8, 4) is 5.75 Å². The first-order chi connectivity index (χ1) is 15.3. The first-order valence-corrected chi connectivity index (χ1v) is 9.11. The van der Waals surface area contributed by atoms with E-state index in [0.717, 1.165) is 31.4 Å². The number of ether oxygens (including phenoxy) is 2. The molecule has 1 amide bonds. The van der Waals surface area contributed by atoms with Gasteiger partial charge in [-0.25, -0.2) is 9.18 Å². The van der Waals surface area contributed by atoms with Crippen LogP contribution in [0.25, 0.3) is 0 Å². The molecule has 0 saturated carbocycles. The smallest absolute Gasteiger partial charge is 0.441 e. The third-order valence-corrected chi connectivity index (χ3v) is 4.28. The van der Waals surface area contributed by atoms with Gasteiger partial charge in [0.15, 0.2) is 0 Å². The molecule has 0 spiro atoms. The van der Waals surface area contributed by atoms with Gasteiger partial charge in [-0.2, -0.15) is 26.3 Å². The van der Waals surface area contributed by atoms with Crippen LogP contribution in [-0.4, -0.2) is 37.4 Å². The Bertz CT molecular complexity index is 1020. The minimum atomic E-state index is -5.67. The Hall–Kier alpha value is -3.51. The van der Waals surface area contributed by atoms with Crippen molar-refractivity contribution in [1.29, 1.82) is 0 Å². The number of carbonyl (C=O) groups is 2. The Kier molecular flexibility index (Phi) is 7.45. The summed E-state index contributed by atoms with van der Waals surface area (Å²) in [5, 5.41) is 2.93. The molecule has 2 N–H and O–H groups in total. The van der Waals surface area contributed by atoms with Crippen LogP contribution in [0.3, 0.4) is 0 Å². The topological polar surface area (TPSA) is 76.7 Å². The molecule has 0 unspecified atom stereocenters. The lowest BCUT2D eigenvalue weighted by molar-refractivity contribution is -0.204. The van der Waals surface area contributed by atoms with Crippen LogP contribution in [0.1, 0.15) is 22.8 Å². The van der Waals surface area contributed by atoms with Gasteiger partial charge >= 0.3 is 24.0 Å². The van der Waals surface area contributed by atoms with Gasteiger partial charge in [0.25, 0.3) is 5.91 Å². The number of anilines is 1. The second-order valence-corrected chi connectivity index (χ2v) is 6.44. The summed E-state index contributed by atoms with van der Waals surface area (Å²) >= 11 is 0. The number of hydrogen-bond acceptors (Lipinski definition) is 5. The second-order valence-electron chi connectivity index (χ2n) is 6.44. The van der Waals surface area contributed by atoms with Crippen molar-refractivity contribution in [2.24, 2.45) is 0 Å². The van der Waals surface area contributed by atoms with Crippen LogP contribution in [0.15, 0.2) is 42.5 Å². The molecule has 0 aliphatic carbocycles. The van der Waals surface area contributed by atoms with Crippen molar-refractivity contribution in [2.75, 3.05) is 19.0 Å². The van der Waals surface area contributed by atoms with Crippen molar-refractivity contribution < 1.29 is 49.8 Å². The van der Waals surface area contributed by atoms with Crippen molar-refractivity contribution >= 4 is 17.6 Å². The third kappa shape index (κ3) is 5.46. The molecule has 0 saturated heterocycles. The lowest BCUT2D eigenvalue weighted by Crippen LogP contribution is -2.69. The summed E-state index contributed by atoms with van der Waals surface area (Å²) in [7, 11) is 0.964. The number of methoxy groups -OCH3 is 1. The van der Waals surface area contributed by atoms with Gasteiger partial charge in [0.05, 0.1) is 30.5 Å². The first-order valence-electron chi connectivity index (χ1n) is 9.11. The molecule has 0 heterocycles. The van der Waals surface area contributed by atoms with E-state index < -0.39 is 64.9 Å². The Labute approximate surface area is 182 Å². The quantitative estimate of drug-likeness (QED) is 0.345. The fourth-order valence-corrected chi connectivity index (χ4v) is 2.70. The molecule has 0 aromatic heterocycles.